The number of alkyl halides is 1. The van der Waals surface area contributed by atoms with E-state index in [9.17, 15) is 9.59 Å². The molecule has 2 rings (SSSR count). The third-order valence-electron chi connectivity index (χ3n) is 4.08. The van der Waals surface area contributed by atoms with Crippen molar-refractivity contribution in [2.24, 2.45) is 0 Å². The Bertz CT molecular complexity index is 524. The summed E-state index contributed by atoms with van der Waals surface area (Å²) in [7, 11) is 0. The Kier molecular flexibility index (Phi) is 6.71. The van der Waals surface area contributed by atoms with Crippen molar-refractivity contribution in [2.75, 3.05) is 25.5 Å². The molecule has 1 aromatic carbocycles. The predicted molar refractivity (Wildman–Crippen MR) is 89.3 cm³/mol. The molecule has 6 heteroatoms. The summed E-state index contributed by atoms with van der Waals surface area (Å²) in [5.41, 5.74) is 0.960. The van der Waals surface area contributed by atoms with Crippen molar-refractivity contribution in [2.45, 2.75) is 32.4 Å². The maximum absolute atomic E-state index is 12.2. The van der Waals surface area contributed by atoms with E-state index in [1.165, 1.54) is 0 Å². The van der Waals surface area contributed by atoms with Gasteiger partial charge in [0, 0.05) is 25.7 Å². The lowest BCUT2D eigenvalue weighted by Crippen LogP contribution is -2.52. The Hall–Kier alpha value is -1.75. The molecule has 126 valence electrons. The fourth-order valence-corrected chi connectivity index (χ4v) is 3.05. The minimum Gasteiger partial charge on any atom is -0.445 e. The monoisotopic (exact) mass is 338 g/mol. The van der Waals surface area contributed by atoms with Crippen LogP contribution in [0.4, 0.5) is 4.79 Å². The highest BCUT2D eigenvalue weighted by Crippen LogP contribution is 2.17. The van der Waals surface area contributed by atoms with E-state index in [2.05, 4.69) is 0 Å². The first-order valence-corrected chi connectivity index (χ1v) is 8.50. The van der Waals surface area contributed by atoms with Gasteiger partial charge in [0.05, 0.1) is 0 Å². The van der Waals surface area contributed by atoms with Gasteiger partial charge in [-0.15, -0.1) is 11.6 Å². The van der Waals surface area contributed by atoms with E-state index in [0.29, 0.717) is 19.6 Å². The molecule has 1 fully saturated rings. The summed E-state index contributed by atoms with van der Waals surface area (Å²) in [6, 6.07) is 9.61. The lowest BCUT2D eigenvalue weighted by molar-refractivity contribution is -0.131. The standard InChI is InChI=1S/C17H23ClN2O3/c1-2-20(16(21)11-18)15-9-6-10-19(12-15)17(22)23-13-14-7-4-3-5-8-14/h3-5,7-8,15H,2,6,9-13H2,1H3. The normalized spacial score (nSPS) is 17.7. The van der Waals surface area contributed by atoms with E-state index in [4.69, 9.17) is 16.3 Å². The molecule has 1 aliphatic rings. The van der Waals surface area contributed by atoms with E-state index in [-0.39, 0.29) is 30.5 Å². The number of ether oxygens (including phenoxy) is 1. The lowest BCUT2D eigenvalue weighted by atomic mass is 10.0. The second-order valence-corrected chi connectivity index (χ2v) is 5.86. The van der Waals surface area contributed by atoms with Gasteiger partial charge in [-0.1, -0.05) is 30.3 Å². The first-order chi connectivity index (χ1) is 11.2. The van der Waals surface area contributed by atoms with Gasteiger partial charge < -0.3 is 14.5 Å². The van der Waals surface area contributed by atoms with Crippen LogP contribution < -0.4 is 0 Å². The molecule has 1 aliphatic heterocycles. The molecule has 0 saturated carbocycles. The molecule has 1 aromatic rings. The van der Waals surface area contributed by atoms with Crippen molar-refractivity contribution in [3.63, 3.8) is 0 Å². The average Bonchev–Trinajstić information content (AvgIpc) is 2.61. The minimum absolute atomic E-state index is 0.0178. The molecule has 5 nitrogen and oxygen atoms in total. The van der Waals surface area contributed by atoms with Crippen molar-refractivity contribution in [1.82, 2.24) is 9.80 Å². The number of benzene rings is 1. The number of nitrogens with zero attached hydrogens (tertiary/aromatic N) is 2. The third kappa shape index (κ3) is 4.86. The molecule has 1 heterocycles. The van der Waals surface area contributed by atoms with Gasteiger partial charge in [-0.25, -0.2) is 4.79 Å². The minimum atomic E-state index is -0.326. The van der Waals surface area contributed by atoms with Crippen molar-refractivity contribution >= 4 is 23.6 Å². The molecule has 23 heavy (non-hydrogen) atoms. The summed E-state index contributed by atoms with van der Waals surface area (Å²) < 4.78 is 5.37. The van der Waals surface area contributed by atoms with E-state index >= 15 is 0 Å². The molecular formula is C17H23ClN2O3. The summed E-state index contributed by atoms with van der Waals surface area (Å²) in [6.45, 7) is 3.96. The number of halogens is 1. The Labute approximate surface area is 142 Å². The number of likely N-dealkylation sites (tertiary alicyclic amines) is 1. The van der Waals surface area contributed by atoms with Gasteiger partial charge in [-0.3, -0.25) is 4.79 Å². The van der Waals surface area contributed by atoms with Crippen LogP contribution in [0.15, 0.2) is 30.3 Å². The largest absolute Gasteiger partial charge is 0.445 e. The van der Waals surface area contributed by atoms with Gasteiger partial charge in [0.15, 0.2) is 0 Å². The summed E-state index contributed by atoms with van der Waals surface area (Å²) in [4.78, 5) is 27.6. The van der Waals surface area contributed by atoms with Gasteiger partial charge in [-0.05, 0) is 25.3 Å². The third-order valence-corrected chi connectivity index (χ3v) is 4.30. The average molecular weight is 339 g/mol. The second kappa shape index (κ2) is 8.77. The van der Waals surface area contributed by atoms with Crippen molar-refractivity contribution in [1.29, 1.82) is 0 Å². The number of carbonyl (C=O) groups excluding carboxylic acids is 2. The maximum atomic E-state index is 12.2. The zero-order valence-corrected chi connectivity index (χ0v) is 14.2. The molecule has 1 atom stereocenters. The number of likely N-dealkylation sites (N-methyl/N-ethyl adjacent to an activating group) is 1. The molecule has 0 aliphatic carbocycles. The summed E-state index contributed by atoms with van der Waals surface area (Å²) in [6.07, 6.45) is 1.42. The van der Waals surface area contributed by atoms with Crippen LogP contribution in [0.5, 0.6) is 0 Å². The van der Waals surface area contributed by atoms with Crippen LogP contribution in [-0.2, 0) is 16.1 Å². The van der Waals surface area contributed by atoms with E-state index in [0.717, 1.165) is 18.4 Å². The maximum Gasteiger partial charge on any atom is 0.410 e. The highest BCUT2D eigenvalue weighted by molar-refractivity contribution is 6.27. The smallest absolute Gasteiger partial charge is 0.410 e. The SMILES string of the molecule is CCN(C(=O)CCl)C1CCCN(C(=O)OCc2ccccc2)C1. The second-order valence-electron chi connectivity index (χ2n) is 5.60. The first kappa shape index (κ1) is 17.6. The van der Waals surface area contributed by atoms with Gasteiger partial charge in [-0.2, -0.15) is 0 Å². The summed E-state index contributed by atoms with van der Waals surface area (Å²) in [5.74, 6) is -0.110. The summed E-state index contributed by atoms with van der Waals surface area (Å²) >= 11 is 5.66. The van der Waals surface area contributed by atoms with Crippen molar-refractivity contribution < 1.29 is 14.3 Å². The molecule has 0 radical (unpaired) electrons. The Morgan fingerprint density at radius 1 is 1.35 bits per heavy atom. The quantitative estimate of drug-likeness (QED) is 0.776. The molecule has 0 N–H and O–H groups in total. The molecule has 0 bridgehead atoms. The highest BCUT2D eigenvalue weighted by atomic mass is 35.5. The van der Waals surface area contributed by atoms with Gasteiger partial charge in [0.2, 0.25) is 5.91 Å². The fourth-order valence-electron chi connectivity index (χ4n) is 2.90. The molecule has 0 spiro atoms. The topological polar surface area (TPSA) is 49.9 Å². The number of hydrogen-bond donors (Lipinski definition) is 0. The van der Waals surface area contributed by atoms with Crippen LogP contribution in [0.3, 0.4) is 0 Å². The number of piperidine rings is 1. The molecule has 2 amide bonds. The van der Waals surface area contributed by atoms with E-state index in [1.54, 1.807) is 9.80 Å². The van der Waals surface area contributed by atoms with Crippen LogP contribution in [0.2, 0.25) is 0 Å². The molecule has 0 aromatic heterocycles. The zero-order valence-electron chi connectivity index (χ0n) is 13.4. The van der Waals surface area contributed by atoms with Crippen LogP contribution in [0.1, 0.15) is 25.3 Å². The number of amides is 2. The van der Waals surface area contributed by atoms with Crippen molar-refractivity contribution in [3.05, 3.63) is 35.9 Å². The Balaban J connectivity index is 1.89. The molecule has 1 unspecified atom stereocenters. The molecular weight excluding hydrogens is 316 g/mol. The first-order valence-electron chi connectivity index (χ1n) is 7.96. The Morgan fingerprint density at radius 2 is 2.09 bits per heavy atom. The number of carbonyl (C=O) groups is 2. The van der Waals surface area contributed by atoms with Crippen molar-refractivity contribution in [3.8, 4) is 0 Å². The van der Waals surface area contributed by atoms with Crippen LogP contribution in [-0.4, -0.2) is 53.4 Å². The van der Waals surface area contributed by atoms with Gasteiger partial charge in [0.25, 0.3) is 0 Å². The lowest BCUT2D eigenvalue weighted by Gasteiger charge is -2.38. The van der Waals surface area contributed by atoms with Gasteiger partial charge >= 0.3 is 6.09 Å². The Morgan fingerprint density at radius 3 is 2.74 bits per heavy atom. The summed E-state index contributed by atoms with van der Waals surface area (Å²) in [5, 5.41) is 0. The fraction of sp³-hybridized carbons (Fsp3) is 0.529. The van der Waals surface area contributed by atoms with E-state index < -0.39 is 0 Å². The number of hydrogen-bond acceptors (Lipinski definition) is 3. The zero-order chi connectivity index (χ0) is 16.7. The number of rotatable bonds is 5. The van der Waals surface area contributed by atoms with Crippen LogP contribution in [0.25, 0.3) is 0 Å². The van der Waals surface area contributed by atoms with Crippen LogP contribution in [0, 0.1) is 0 Å². The van der Waals surface area contributed by atoms with Gasteiger partial charge in [0.1, 0.15) is 12.5 Å². The molecule has 1 saturated heterocycles. The highest BCUT2D eigenvalue weighted by Gasteiger charge is 2.30. The van der Waals surface area contributed by atoms with E-state index in [1.807, 2.05) is 37.3 Å². The van der Waals surface area contributed by atoms with Crippen LogP contribution >= 0.6 is 11.6 Å². The predicted octanol–water partition coefficient (Wildman–Crippen LogP) is 2.87.